The van der Waals surface area contributed by atoms with Crippen LogP contribution in [0, 0.1) is 0 Å². The molecule has 2 heterocycles. The molecule has 1 aliphatic carbocycles. The van der Waals surface area contributed by atoms with Crippen molar-refractivity contribution in [2.75, 3.05) is 19.5 Å². The van der Waals surface area contributed by atoms with Gasteiger partial charge in [0, 0.05) is 23.2 Å². The molecule has 7 heteroatoms. The first-order valence-corrected chi connectivity index (χ1v) is 8.24. The third kappa shape index (κ3) is 2.41. The Morgan fingerprint density at radius 2 is 1.96 bits per heavy atom. The van der Waals surface area contributed by atoms with Gasteiger partial charge >= 0.3 is 0 Å². The van der Waals surface area contributed by atoms with E-state index >= 15 is 0 Å². The highest BCUT2D eigenvalue weighted by molar-refractivity contribution is 6.32. The van der Waals surface area contributed by atoms with Crippen molar-refractivity contribution in [2.24, 2.45) is 0 Å². The van der Waals surface area contributed by atoms with Gasteiger partial charge in [0.1, 0.15) is 0 Å². The highest BCUT2D eigenvalue weighted by Crippen LogP contribution is 2.50. The smallest absolute Gasteiger partial charge is 0.161 e. The number of ether oxygens (including phenoxy) is 2. The van der Waals surface area contributed by atoms with Crippen molar-refractivity contribution in [3.05, 3.63) is 46.7 Å². The lowest BCUT2D eigenvalue weighted by Gasteiger charge is -2.13. The topological polar surface area (TPSA) is 72.1 Å². The molecule has 1 aromatic carbocycles. The van der Waals surface area contributed by atoms with Crippen LogP contribution in [0.5, 0.6) is 11.5 Å². The van der Waals surface area contributed by atoms with Crippen molar-refractivity contribution in [3.63, 3.8) is 0 Å². The second-order valence-electron chi connectivity index (χ2n) is 5.84. The van der Waals surface area contributed by atoms with Crippen LogP contribution in [-0.2, 0) is 0 Å². The molecule has 0 unspecified atom stereocenters. The summed E-state index contributed by atoms with van der Waals surface area (Å²) in [5, 5.41) is 11.2. The maximum absolute atomic E-state index is 6.15. The van der Waals surface area contributed by atoms with Gasteiger partial charge in [-0.05, 0) is 29.8 Å². The van der Waals surface area contributed by atoms with E-state index in [2.05, 4.69) is 27.4 Å². The number of aromatic nitrogens is 3. The van der Waals surface area contributed by atoms with Crippen LogP contribution in [0.15, 0.2) is 30.5 Å². The van der Waals surface area contributed by atoms with Crippen molar-refractivity contribution in [1.82, 2.24) is 15.2 Å². The molecule has 2 N–H and O–H groups in total. The number of fused-ring (bicyclic) bond motifs is 3. The zero-order valence-corrected chi connectivity index (χ0v) is 14.8. The SMILES string of the molecule is COc1cc2c(cc1OC)[C@@H](C)c1c(Nc3cccnc3Cl)n[nH]c1-2. The fourth-order valence-electron chi connectivity index (χ4n) is 3.30. The number of nitrogens with one attached hydrogen (secondary N) is 2. The average Bonchev–Trinajstić information content (AvgIpc) is 3.16. The molecule has 1 aliphatic rings. The van der Waals surface area contributed by atoms with Gasteiger partial charge in [-0.2, -0.15) is 5.10 Å². The minimum Gasteiger partial charge on any atom is -0.493 e. The second kappa shape index (κ2) is 5.97. The van der Waals surface area contributed by atoms with E-state index in [9.17, 15) is 0 Å². The van der Waals surface area contributed by atoms with Crippen molar-refractivity contribution in [3.8, 4) is 22.8 Å². The Morgan fingerprint density at radius 1 is 1.20 bits per heavy atom. The predicted octanol–water partition coefficient (Wildman–Crippen LogP) is 4.35. The van der Waals surface area contributed by atoms with Crippen LogP contribution in [0.25, 0.3) is 11.3 Å². The molecule has 128 valence electrons. The van der Waals surface area contributed by atoms with Gasteiger partial charge in [0.2, 0.25) is 0 Å². The summed E-state index contributed by atoms with van der Waals surface area (Å²) in [4.78, 5) is 4.09. The minimum atomic E-state index is 0.154. The molecule has 0 saturated heterocycles. The van der Waals surface area contributed by atoms with Gasteiger partial charge in [-0.15, -0.1) is 0 Å². The summed E-state index contributed by atoms with van der Waals surface area (Å²) in [6, 6.07) is 7.70. The lowest BCUT2D eigenvalue weighted by atomic mass is 9.99. The Bertz CT molecular complexity index is 954. The van der Waals surface area contributed by atoms with Gasteiger partial charge in [-0.25, -0.2) is 4.98 Å². The lowest BCUT2D eigenvalue weighted by Crippen LogP contribution is -1.99. The highest BCUT2D eigenvalue weighted by atomic mass is 35.5. The van der Waals surface area contributed by atoms with E-state index in [4.69, 9.17) is 21.1 Å². The molecule has 3 aromatic rings. The number of hydrogen-bond donors (Lipinski definition) is 2. The summed E-state index contributed by atoms with van der Waals surface area (Å²) >= 11 is 6.15. The Hall–Kier alpha value is -2.73. The fraction of sp³-hybridized carbons (Fsp3) is 0.222. The van der Waals surface area contributed by atoms with Gasteiger partial charge in [0.15, 0.2) is 22.5 Å². The van der Waals surface area contributed by atoms with E-state index in [0.717, 1.165) is 34.1 Å². The maximum atomic E-state index is 6.15. The largest absolute Gasteiger partial charge is 0.493 e. The number of aromatic amines is 1. The first kappa shape index (κ1) is 15.8. The van der Waals surface area contributed by atoms with Crippen LogP contribution >= 0.6 is 11.6 Å². The molecular formula is C18H17ClN4O2. The monoisotopic (exact) mass is 356 g/mol. The number of rotatable bonds is 4. The Kier molecular flexibility index (Phi) is 3.77. The van der Waals surface area contributed by atoms with E-state index in [0.29, 0.717) is 10.9 Å². The molecule has 4 rings (SSSR count). The summed E-state index contributed by atoms with van der Waals surface area (Å²) in [7, 11) is 3.27. The number of nitrogens with zero attached hydrogens (tertiary/aromatic N) is 2. The summed E-state index contributed by atoms with van der Waals surface area (Å²) in [5.41, 5.74) is 5.02. The molecule has 0 fully saturated rings. The third-order valence-corrected chi connectivity index (χ3v) is 4.84. The van der Waals surface area contributed by atoms with Crippen molar-refractivity contribution in [1.29, 1.82) is 0 Å². The molecule has 0 spiro atoms. The second-order valence-corrected chi connectivity index (χ2v) is 6.20. The average molecular weight is 357 g/mol. The van der Waals surface area contributed by atoms with E-state index in [1.54, 1.807) is 20.4 Å². The van der Waals surface area contributed by atoms with E-state index in [1.165, 1.54) is 5.56 Å². The van der Waals surface area contributed by atoms with Crippen molar-refractivity contribution < 1.29 is 9.47 Å². The van der Waals surface area contributed by atoms with Crippen LogP contribution in [0.3, 0.4) is 0 Å². The molecule has 6 nitrogen and oxygen atoms in total. The fourth-order valence-corrected chi connectivity index (χ4v) is 3.47. The Morgan fingerprint density at radius 3 is 2.68 bits per heavy atom. The van der Waals surface area contributed by atoms with E-state index in [1.807, 2.05) is 24.3 Å². The minimum absolute atomic E-state index is 0.154. The molecule has 2 aromatic heterocycles. The van der Waals surface area contributed by atoms with Gasteiger partial charge in [0.25, 0.3) is 0 Å². The van der Waals surface area contributed by atoms with Crippen molar-refractivity contribution >= 4 is 23.1 Å². The summed E-state index contributed by atoms with van der Waals surface area (Å²) in [5.74, 6) is 2.31. The third-order valence-electron chi connectivity index (χ3n) is 4.54. The lowest BCUT2D eigenvalue weighted by molar-refractivity contribution is 0.354. The normalized spacial score (nSPS) is 14.8. The number of H-pyrrole nitrogens is 1. The first-order valence-electron chi connectivity index (χ1n) is 7.86. The van der Waals surface area contributed by atoms with Crippen LogP contribution in [0.2, 0.25) is 5.15 Å². The maximum Gasteiger partial charge on any atom is 0.161 e. The van der Waals surface area contributed by atoms with Crippen LogP contribution in [0.1, 0.15) is 24.0 Å². The molecule has 0 amide bonds. The van der Waals surface area contributed by atoms with Gasteiger partial charge in [-0.3, -0.25) is 5.10 Å². The number of benzene rings is 1. The summed E-state index contributed by atoms with van der Waals surface area (Å²) in [6.45, 7) is 2.14. The number of halogens is 1. The predicted molar refractivity (Wildman–Crippen MR) is 97.2 cm³/mol. The van der Waals surface area contributed by atoms with Crippen LogP contribution in [0.4, 0.5) is 11.5 Å². The molecule has 0 saturated carbocycles. The Balaban J connectivity index is 1.79. The molecule has 1 atom stereocenters. The molecule has 0 radical (unpaired) electrons. The van der Waals surface area contributed by atoms with Crippen LogP contribution in [-0.4, -0.2) is 29.4 Å². The quantitative estimate of drug-likeness (QED) is 0.680. The van der Waals surface area contributed by atoms with Gasteiger partial charge in [-0.1, -0.05) is 18.5 Å². The zero-order chi connectivity index (χ0) is 17.6. The summed E-state index contributed by atoms with van der Waals surface area (Å²) < 4.78 is 10.9. The highest BCUT2D eigenvalue weighted by Gasteiger charge is 2.32. The first-order chi connectivity index (χ1) is 12.1. The number of pyridine rings is 1. The summed E-state index contributed by atoms with van der Waals surface area (Å²) in [6.07, 6.45) is 1.65. The number of methoxy groups -OCH3 is 2. The zero-order valence-electron chi connectivity index (χ0n) is 14.1. The van der Waals surface area contributed by atoms with Gasteiger partial charge in [0.05, 0.1) is 25.6 Å². The Labute approximate surface area is 150 Å². The molecule has 0 aliphatic heterocycles. The van der Waals surface area contributed by atoms with E-state index < -0.39 is 0 Å². The number of hydrogen-bond acceptors (Lipinski definition) is 5. The van der Waals surface area contributed by atoms with Crippen molar-refractivity contribution in [2.45, 2.75) is 12.8 Å². The van der Waals surface area contributed by atoms with Gasteiger partial charge < -0.3 is 14.8 Å². The molecule has 25 heavy (non-hydrogen) atoms. The number of anilines is 2. The van der Waals surface area contributed by atoms with E-state index in [-0.39, 0.29) is 5.92 Å². The van der Waals surface area contributed by atoms with Crippen LogP contribution < -0.4 is 14.8 Å². The molecular weight excluding hydrogens is 340 g/mol. The standard InChI is InChI=1S/C18H17ClN4O2/c1-9-10-7-13(24-2)14(25-3)8-11(10)16-15(9)18(23-22-16)21-12-5-4-6-20-17(12)19/h4-9H,1-3H3,(H2,21,22,23)/t9-/m1/s1. The molecule has 0 bridgehead atoms.